The highest BCUT2D eigenvalue weighted by Gasteiger charge is 2.48. The SMILES string of the molecule is CN1Cc2ccc(CC(=O)c3ccc[n+]([C@@H]4O[C@H](CO)[C@@H](O)[C@H]4O)c3)cc2C1=O. The highest BCUT2D eigenvalue weighted by Crippen LogP contribution is 2.26. The Hall–Kier alpha value is -2.65. The molecule has 2 aliphatic heterocycles. The molecule has 0 spiro atoms. The zero-order chi connectivity index (χ0) is 20.7. The molecule has 8 nitrogen and oxygen atoms in total. The minimum absolute atomic E-state index is 0.0452. The Morgan fingerprint density at radius 1 is 1.28 bits per heavy atom. The number of pyridine rings is 1. The zero-order valence-corrected chi connectivity index (χ0v) is 15.9. The third kappa shape index (κ3) is 3.56. The molecule has 3 N–H and O–H groups in total. The zero-order valence-electron chi connectivity index (χ0n) is 15.9. The molecule has 0 bridgehead atoms. The van der Waals surface area contributed by atoms with Gasteiger partial charge in [-0.05, 0) is 23.3 Å². The summed E-state index contributed by atoms with van der Waals surface area (Å²) >= 11 is 0. The second-order valence-electron chi connectivity index (χ2n) is 7.52. The van der Waals surface area contributed by atoms with Crippen molar-refractivity contribution in [1.29, 1.82) is 0 Å². The number of hydrogen-bond donors (Lipinski definition) is 3. The van der Waals surface area contributed by atoms with E-state index in [1.165, 1.54) is 4.57 Å². The number of benzene rings is 1. The van der Waals surface area contributed by atoms with Crippen molar-refractivity contribution in [1.82, 2.24) is 4.90 Å². The molecule has 1 aromatic carbocycles. The average molecular weight is 399 g/mol. The van der Waals surface area contributed by atoms with Gasteiger partial charge in [-0.15, -0.1) is 0 Å². The van der Waals surface area contributed by atoms with Crippen LogP contribution in [0.5, 0.6) is 0 Å². The summed E-state index contributed by atoms with van der Waals surface area (Å²) < 4.78 is 7.02. The molecule has 1 amide bonds. The third-order valence-corrected chi connectivity index (χ3v) is 5.48. The van der Waals surface area contributed by atoms with E-state index < -0.39 is 31.1 Å². The fourth-order valence-corrected chi connectivity index (χ4v) is 3.83. The second-order valence-corrected chi connectivity index (χ2v) is 7.52. The predicted molar refractivity (Wildman–Crippen MR) is 99.9 cm³/mol. The molecule has 0 aliphatic carbocycles. The smallest absolute Gasteiger partial charge is 0.292 e. The first-order chi connectivity index (χ1) is 13.9. The van der Waals surface area contributed by atoms with E-state index in [0.29, 0.717) is 17.7 Å². The number of amides is 1. The quantitative estimate of drug-likeness (QED) is 0.466. The van der Waals surface area contributed by atoms with Gasteiger partial charge in [-0.2, -0.15) is 4.57 Å². The Balaban J connectivity index is 1.52. The minimum atomic E-state index is -1.22. The van der Waals surface area contributed by atoms with Crippen LogP contribution in [0, 0.1) is 0 Å². The van der Waals surface area contributed by atoms with Gasteiger partial charge in [-0.1, -0.05) is 12.1 Å². The van der Waals surface area contributed by atoms with Crippen molar-refractivity contribution in [2.24, 2.45) is 0 Å². The van der Waals surface area contributed by atoms with Crippen molar-refractivity contribution >= 4 is 11.7 Å². The van der Waals surface area contributed by atoms with Crippen LogP contribution >= 0.6 is 0 Å². The number of aliphatic hydroxyl groups is 3. The molecular weight excluding hydrogens is 376 g/mol. The van der Waals surface area contributed by atoms with Gasteiger partial charge < -0.3 is 25.0 Å². The van der Waals surface area contributed by atoms with E-state index in [2.05, 4.69) is 0 Å². The number of ether oxygens (including phenoxy) is 1. The Bertz CT molecular complexity index is 962. The van der Waals surface area contributed by atoms with Crippen molar-refractivity contribution in [3.05, 3.63) is 65.0 Å². The molecule has 0 unspecified atom stereocenters. The summed E-state index contributed by atoms with van der Waals surface area (Å²) in [4.78, 5) is 26.6. The van der Waals surface area contributed by atoms with Gasteiger partial charge in [0.15, 0.2) is 24.3 Å². The first kappa shape index (κ1) is 19.7. The summed E-state index contributed by atoms with van der Waals surface area (Å²) in [6, 6.07) is 8.81. The average Bonchev–Trinajstić information content (AvgIpc) is 3.18. The van der Waals surface area contributed by atoms with Crippen molar-refractivity contribution in [2.75, 3.05) is 13.7 Å². The normalized spacial score (nSPS) is 26.1. The minimum Gasteiger partial charge on any atom is -0.394 e. The van der Waals surface area contributed by atoms with Gasteiger partial charge in [0, 0.05) is 31.6 Å². The molecule has 2 aromatic rings. The lowest BCUT2D eigenvalue weighted by Crippen LogP contribution is -2.46. The van der Waals surface area contributed by atoms with Crippen LogP contribution in [0.15, 0.2) is 42.7 Å². The topological polar surface area (TPSA) is 111 Å². The van der Waals surface area contributed by atoms with Crippen LogP contribution in [0.3, 0.4) is 0 Å². The fourth-order valence-electron chi connectivity index (χ4n) is 3.83. The largest absolute Gasteiger partial charge is 0.394 e. The first-order valence-electron chi connectivity index (χ1n) is 9.42. The summed E-state index contributed by atoms with van der Waals surface area (Å²) in [7, 11) is 1.74. The van der Waals surface area contributed by atoms with Crippen LogP contribution in [-0.4, -0.2) is 63.9 Å². The molecule has 8 heteroatoms. The summed E-state index contributed by atoms with van der Waals surface area (Å²) in [5, 5.41) is 29.4. The first-order valence-corrected chi connectivity index (χ1v) is 9.42. The lowest BCUT2D eigenvalue weighted by Gasteiger charge is -2.10. The number of hydrogen-bond acceptors (Lipinski definition) is 6. The number of Topliss-reactive ketones (excluding diaryl/α,β-unsaturated/α-hetero) is 1. The number of carbonyl (C=O) groups excluding carboxylic acids is 2. The maximum atomic E-state index is 12.8. The van der Waals surface area contributed by atoms with Crippen LogP contribution in [0.25, 0.3) is 0 Å². The lowest BCUT2D eigenvalue weighted by atomic mass is 10.00. The van der Waals surface area contributed by atoms with Crippen molar-refractivity contribution < 1.29 is 34.2 Å². The highest BCUT2D eigenvalue weighted by molar-refractivity contribution is 6.00. The molecule has 4 rings (SSSR count). The number of aromatic nitrogens is 1. The molecule has 1 aromatic heterocycles. The summed E-state index contributed by atoms with van der Waals surface area (Å²) in [6.07, 6.45) is -0.909. The van der Waals surface area contributed by atoms with E-state index in [9.17, 15) is 24.9 Å². The molecule has 2 aliphatic rings. The molecule has 1 fully saturated rings. The number of ketones is 1. The summed E-state index contributed by atoms with van der Waals surface area (Å²) in [6.45, 7) is 0.158. The number of aliphatic hydroxyl groups excluding tert-OH is 3. The van der Waals surface area contributed by atoms with Crippen LogP contribution < -0.4 is 4.57 Å². The van der Waals surface area contributed by atoms with E-state index in [1.54, 1.807) is 42.5 Å². The molecule has 1 saturated heterocycles. The van der Waals surface area contributed by atoms with Crippen molar-refractivity contribution in [3.63, 3.8) is 0 Å². The van der Waals surface area contributed by atoms with E-state index in [0.717, 1.165) is 11.1 Å². The van der Waals surface area contributed by atoms with Crippen LogP contribution in [0.2, 0.25) is 0 Å². The fraction of sp³-hybridized carbons (Fsp3) is 0.381. The summed E-state index contributed by atoms with van der Waals surface area (Å²) in [5.74, 6) is -0.193. The third-order valence-electron chi connectivity index (χ3n) is 5.48. The van der Waals surface area contributed by atoms with Crippen molar-refractivity contribution in [3.8, 4) is 0 Å². The van der Waals surface area contributed by atoms with Gasteiger partial charge in [0.1, 0.15) is 12.2 Å². The standard InChI is InChI=1S/C21H23N2O6/c1-22-9-13-5-4-12(7-15(13)20(22)28)8-16(25)14-3-2-6-23(10-14)21-19(27)18(26)17(11-24)29-21/h2-7,10,17-19,21,24,26-27H,8-9,11H2,1H3/q+1/t17-,18-,19-,21-/m1/s1. The van der Waals surface area contributed by atoms with Gasteiger partial charge in [0.05, 0.1) is 12.2 Å². The lowest BCUT2D eigenvalue weighted by molar-refractivity contribution is -0.765. The Labute approximate surface area is 167 Å². The number of nitrogens with zero attached hydrogens (tertiary/aromatic N) is 2. The molecule has 3 heterocycles. The number of fused-ring (bicyclic) bond motifs is 1. The molecule has 0 radical (unpaired) electrons. The maximum Gasteiger partial charge on any atom is 0.292 e. The second kappa shape index (κ2) is 7.64. The van der Waals surface area contributed by atoms with E-state index >= 15 is 0 Å². The highest BCUT2D eigenvalue weighted by atomic mass is 16.6. The molecule has 4 atom stereocenters. The molecule has 29 heavy (non-hydrogen) atoms. The van der Waals surface area contributed by atoms with Gasteiger partial charge in [-0.25, -0.2) is 0 Å². The van der Waals surface area contributed by atoms with Crippen LogP contribution in [0.1, 0.15) is 38.1 Å². The Kier molecular flexibility index (Phi) is 5.18. The van der Waals surface area contributed by atoms with E-state index in [-0.39, 0.29) is 18.1 Å². The van der Waals surface area contributed by atoms with E-state index in [4.69, 9.17) is 4.74 Å². The number of carbonyl (C=O) groups is 2. The van der Waals surface area contributed by atoms with Gasteiger partial charge in [0.2, 0.25) is 0 Å². The van der Waals surface area contributed by atoms with Gasteiger partial charge in [0.25, 0.3) is 12.1 Å². The Morgan fingerprint density at radius 3 is 2.79 bits per heavy atom. The number of rotatable bonds is 5. The van der Waals surface area contributed by atoms with E-state index in [1.807, 2.05) is 12.1 Å². The van der Waals surface area contributed by atoms with Gasteiger partial charge >= 0.3 is 0 Å². The monoisotopic (exact) mass is 399 g/mol. The van der Waals surface area contributed by atoms with Crippen molar-refractivity contribution in [2.45, 2.75) is 37.5 Å². The molecular formula is C21H23N2O6+. The Morgan fingerprint density at radius 2 is 2.07 bits per heavy atom. The molecule has 0 saturated carbocycles. The van der Waals surface area contributed by atoms with Crippen LogP contribution in [-0.2, 0) is 17.7 Å². The van der Waals surface area contributed by atoms with Crippen LogP contribution in [0.4, 0.5) is 0 Å². The maximum absolute atomic E-state index is 12.8. The molecule has 152 valence electrons. The van der Waals surface area contributed by atoms with Gasteiger partial charge in [-0.3, -0.25) is 9.59 Å². The predicted octanol–water partition coefficient (Wildman–Crippen LogP) is -0.403. The summed E-state index contributed by atoms with van der Waals surface area (Å²) in [5.41, 5.74) is 2.75.